The maximum atomic E-state index is 9.99. The van der Waals surface area contributed by atoms with Crippen molar-refractivity contribution in [1.82, 2.24) is 0 Å². The number of aliphatic carboxylic acids is 5. The molecule has 0 fully saturated rings. The van der Waals surface area contributed by atoms with Crippen LogP contribution in [0.3, 0.4) is 0 Å². The lowest BCUT2D eigenvalue weighted by atomic mass is 10.2. The molecule has 25 heavy (non-hydrogen) atoms. The van der Waals surface area contributed by atoms with E-state index >= 15 is 0 Å². The van der Waals surface area contributed by atoms with Crippen molar-refractivity contribution in [1.29, 1.82) is 0 Å². The van der Waals surface area contributed by atoms with Crippen LogP contribution in [0.1, 0.15) is 26.2 Å². The van der Waals surface area contributed by atoms with Crippen molar-refractivity contribution < 1.29 is 49.5 Å². The molecule has 146 valence electrons. The summed E-state index contributed by atoms with van der Waals surface area (Å²) in [6.45, 7) is 1.42. The molecule has 3 atom stereocenters. The van der Waals surface area contributed by atoms with Crippen LogP contribution < -0.4 is 17.2 Å². The number of hydrogen-bond acceptors (Lipinski definition) is 8. The summed E-state index contributed by atoms with van der Waals surface area (Å²) >= 11 is 0. The summed E-state index contributed by atoms with van der Waals surface area (Å²) in [6.07, 6.45) is -0.756. The van der Waals surface area contributed by atoms with E-state index in [1.54, 1.807) is 0 Å². The molecule has 11 N–H and O–H groups in total. The molecule has 13 nitrogen and oxygen atoms in total. The first-order chi connectivity index (χ1) is 11.2. The minimum Gasteiger partial charge on any atom is -0.481 e. The van der Waals surface area contributed by atoms with Crippen molar-refractivity contribution in [3.8, 4) is 0 Å². The van der Waals surface area contributed by atoms with Crippen molar-refractivity contribution in [3.63, 3.8) is 0 Å². The summed E-state index contributed by atoms with van der Waals surface area (Å²) in [6, 6.07) is -3.08. The normalized spacial score (nSPS) is 12.8. The van der Waals surface area contributed by atoms with Gasteiger partial charge < -0.3 is 42.7 Å². The highest BCUT2D eigenvalue weighted by molar-refractivity contribution is 5.80. The molecular formula is C12H23N3O10. The third kappa shape index (κ3) is 23.6. The zero-order valence-corrected chi connectivity index (χ0v) is 13.4. The Kier molecular flexibility index (Phi) is 16.0. The van der Waals surface area contributed by atoms with E-state index in [4.69, 9.17) is 42.7 Å². The van der Waals surface area contributed by atoms with Gasteiger partial charge in [-0.1, -0.05) is 0 Å². The summed E-state index contributed by atoms with van der Waals surface area (Å²) in [5.41, 5.74) is 14.7. The SMILES string of the molecule is CC(N)C(=O)O.NC(CC(=O)O)C(=O)O.NC(CCC(=O)O)C(=O)O. The average Bonchev–Trinajstić information content (AvgIpc) is 2.44. The van der Waals surface area contributed by atoms with Gasteiger partial charge in [-0.25, -0.2) is 0 Å². The molecule has 3 unspecified atom stereocenters. The van der Waals surface area contributed by atoms with Gasteiger partial charge in [0.1, 0.15) is 18.1 Å². The molecule has 0 aromatic heterocycles. The third-order valence-electron chi connectivity index (χ3n) is 2.09. The van der Waals surface area contributed by atoms with Crippen LogP contribution in [0.15, 0.2) is 0 Å². The smallest absolute Gasteiger partial charge is 0.321 e. The second-order valence-corrected chi connectivity index (χ2v) is 4.55. The molecule has 0 radical (unpaired) electrons. The Labute approximate surface area is 142 Å². The molecular weight excluding hydrogens is 346 g/mol. The quantitative estimate of drug-likeness (QED) is 0.221. The molecule has 0 aliphatic heterocycles. The lowest BCUT2D eigenvalue weighted by Crippen LogP contribution is -2.32. The van der Waals surface area contributed by atoms with Crippen LogP contribution in [0.25, 0.3) is 0 Å². The maximum absolute atomic E-state index is 9.99. The van der Waals surface area contributed by atoms with Crippen molar-refractivity contribution >= 4 is 29.8 Å². The number of carboxylic acid groups (broad SMARTS) is 5. The number of carboxylic acids is 5. The van der Waals surface area contributed by atoms with Crippen LogP contribution in [0.4, 0.5) is 0 Å². The zero-order valence-electron chi connectivity index (χ0n) is 13.4. The summed E-state index contributed by atoms with van der Waals surface area (Å²) in [4.78, 5) is 49.1. The Morgan fingerprint density at radius 3 is 1.24 bits per heavy atom. The van der Waals surface area contributed by atoms with E-state index in [-0.39, 0.29) is 12.8 Å². The van der Waals surface area contributed by atoms with Gasteiger partial charge in [0.25, 0.3) is 0 Å². The van der Waals surface area contributed by atoms with E-state index in [2.05, 4.69) is 0 Å². The predicted molar refractivity (Wildman–Crippen MR) is 81.6 cm³/mol. The second-order valence-electron chi connectivity index (χ2n) is 4.55. The minimum atomic E-state index is -1.29. The van der Waals surface area contributed by atoms with Gasteiger partial charge >= 0.3 is 29.8 Å². The largest absolute Gasteiger partial charge is 0.481 e. The van der Waals surface area contributed by atoms with Gasteiger partial charge in [-0.05, 0) is 13.3 Å². The molecule has 0 aliphatic carbocycles. The van der Waals surface area contributed by atoms with Gasteiger partial charge in [-0.15, -0.1) is 0 Å². The molecule has 0 heterocycles. The molecule has 0 bridgehead atoms. The minimum absolute atomic E-state index is 0.0231. The monoisotopic (exact) mass is 369 g/mol. The summed E-state index contributed by atoms with van der Waals surface area (Å²) in [5.74, 6) is -5.66. The molecule has 0 spiro atoms. The Hall–Kier alpha value is -2.77. The maximum Gasteiger partial charge on any atom is 0.321 e. The summed E-state index contributed by atoms with van der Waals surface area (Å²) in [5, 5.41) is 40.2. The number of rotatable bonds is 8. The van der Waals surface area contributed by atoms with Crippen LogP contribution in [0.5, 0.6) is 0 Å². The zero-order chi connectivity index (χ0) is 20.7. The first-order valence-electron chi connectivity index (χ1n) is 6.61. The van der Waals surface area contributed by atoms with Crippen molar-refractivity contribution in [2.45, 2.75) is 44.3 Å². The lowest BCUT2D eigenvalue weighted by molar-refractivity contribution is -0.144. The third-order valence-corrected chi connectivity index (χ3v) is 2.09. The standard InChI is InChI=1S/C5H9NO4.C4H7NO4.C3H7NO2/c6-3(5(9)10)1-2-4(7)8;5-2(4(8)9)1-3(6)7;1-2(4)3(5)6/h3H,1-2,6H2,(H,7,8)(H,9,10);2H,1,5H2,(H,6,7)(H,8,9);2H,4H2,1H3,(H,5,6). The molecule has 0 saturated heterocycles. The van der Waals surface area contributed by atoms with Crippen LogP contribution >= 0.6 is 0 Å². The van der Waals surface area contributed by atoms with E-state index in [1.165, 1.54) is 6.92 Å². The molecule has 0 saturated carbocycles. The van der Waals surface area contributed by atoms with E-state index < -0.39 is 54.4 Å². The molecule has 0 aromatic rings. The lowest BCUT2D eigenvalue weighted by Gasteiger charge is -2.01. The molecule has 13 heteroatoms. The van der Waals surface area contributed by atoms with Crippen LogP contribution in [0, 0.1) is 0 Å². The van der Waals surface area contributed by atoms with Crippen LogP contribution in [-0.2, 0) is 24.0 Å². The number of carbonyl (C=O) groups is 5. The van der Waals surface area contributed by atoms with E-state index in [0.717, 1.165) is 0 Å². The second kappa shape index (κ2) is 14.8. The number of nitrogens with two attached hydrogens (primary N) is 3. The Balaban J connectivity index is -0.000000300. The van der Waals surface area contributed by atoms with Gasteiger partial charge in [0, 0.05) is 6.42 Å². The van der Waals surface area contributed by atoms with E-state index in [1.807, 2.05) is 0 Å². The highest BCUT2D eigenvalue weighted by Gasteiger charge is 2.14. The molecule has 0 aromatic carbocycles. The Bertz CT molecular complexity index is 466. The highest BCUT2D eigenvalue weighted by atomic mass is 16.4. The number of hydrogen-bond donors (Lipinski definition) is 8. The summed E-state index contributed by atoms with van der Waals surface area (Å²) < 4.78 is 0. The molecule has 0 rings (SSSR count). The molecule has 0 amide bonds. The van der Waals surface area contributed by atoms with E-state index in [0.29, 0.717) is 0 Å². The predicted octanol–water partition coefficient (Wildman–Crippen LogP) is -2.45. The van der Waals surface area contributed by atoms with Gasteiger partial charge in [0.15, 0.2) is 0 Å². The van der Waals surface area contributed by atoms with Crippen molar-refractivity contribution in [2.24, 2.45) is 17.2 Å². The van der Waals surface area contributed by atoms with Gasteiger partial charge in [-0.3, -0.25) is 24.0 Å². The van der Waals surface area contributed by atoms with Gasteiger partial charge in [0.05, 0.1) is 6.42 Å². The first kappa shape index (κ1) is 27.1. The Morgan fingerprint density at radius 2 is 1.08 bits per heavy atom. The average molecular weight is 369 g/mol. The first-order valence-corrected chi connectivity index (χ1v) is 6.61. The van der Waals surface area contributed by atoms with Gasteiger partial charge in [-0.2, -0.15) is 0 Å². The highest BCUT2D eigenvalue weighted by Crippen LogP contribution is 1.93. The van der Waals surface area contributed by atoms with Crippen molar-refractivity contribution in [2.75, 3.05) is 0 Å². The van der Waals surface area contributed by atoms with E-state index in [9.17, 15) is 24.0 Å². The fourth-order valence-corrected chi connectivity index (χ4v) is 0.678. The van der Waals surface area contributed by atoms with Gasteiger partial charge in [0.2, 0.25) is 0 Å². The topological polar surface area (TPSA) is 265 Å². The van der Waals surface area contributed by atoms with Crippen molar-refractivity contribution in [3.05, 3.63) is 0 Å². The van der Waals surface area contributed by atoms with Crippen LogP contribution in [0.2, 0.25) is 0 Å². The fraction of sp³-hybridized carbons (Fsp3) is 0.583. The molecule has 0 aliphatic rings. The Morgan fingerprint density at radius 1 is 0.720 bits per heavy atom. The van der Waals surface area contributed by atoms with Crippen LogP contribution in [-0.4, -0.2) is 73.5 Å². The summed E-state index contributed by atoms with van der Waals surface area (Å²) in [7, 11) is 0. The fourth-order valence-electron chi connectivity index (χ4n) is 0.678.